The monoisotopic (exact) mass is 413 g/mol. The Morgan fingerprint density at radius 3 is 2.52 bits per heavy atom. The third-order valence-corrected chi connectivity index (χ3v) is 7.52. The van der Waals surface area contributed by atoms with Gasteiger partial charge in [-0.1, -0.05) is 37.8 Å². The quantitative estimate of drug-likeness (QED) is 0.653. The van der Waals surface area contributed by atoms with E-state index >= 15 is 0 Å². The summed E-state index contributed by atoms with van der Waals surface area (Å²) in [5.41, 5.74) is 1.22. The summed E-state index contributed by atoms with van der Waals surface area (Å²) >= 11 is 1.72. The van der Waals surface area contributed by atoms with Crippen LogP contribution in [0.1, 0.15) is 72.9 Å². The highest BCUT2D eigenvalue weighted by atomic mass is 32.1. The highest BCUT2D eigenvalue weighted by Gasteiger charge is 2.27. The lowest BCUT2D eigenvalue weighted by atomic mass is 9.96. The van der Waals surface area contributed by atoms with Gasteiger partial charge in [0.15, 0.2) is 0 Å². The van der Waals surface area contributed by atoms with Crippen molar-refractivity contribution in [2.24, 2.45) is 5.92 Å². The van der Waals surface area contributed by atoms with Gasteiger partial charge in [-0.3, -0.25) is 4.79 Å². The molecule has 4 rings (SSSR count). The van der Waals surface area contributed by atoms with E-state index in [0.29, 0.717) is 11.8 Å². The molecule has 2 aromatic rings. The third-order valence-electron chi connectivity index (χ3n) is 6.43. The number of benzene rings is 1. The molecule has 1 amide bonds. The fourth-order valence-corrected chi connectivity index (χ4v) is 5.63. The van der Waals surface area contributed by atoms with Crippen LogP contribution in [-0.4, -0.2) is 41.2 Å². The van der Waals surface area contributed by atoms with Crippen LogP contribution in [0.15, 0.2) is 24.3 Å². The maximum absolute atomic E-state index is 12.5. The van der Waals surface area contributed by atoms with Gasteiger partial charge in [-0.25, -0.2) is 0 Å². The van der Waals surface area contributed by atoms with Crippen molar-refractivity contribution in [3.8, 4) is 5.75 Å². The van der Waals surface area contributed by atoms with Crippen molar-refractivity contribution < 1.29 is 9.53 Å². The molecule has 156 valence electrons. The number of carbonyl (C=O) groups excluding carboxylic acids is 1. The van der Waals surface area contributed by atoms with Crippen LogP contribution in [0, 0.1) is 5.92 Å². The molecule has 2 heterocycles. The van der Waals surface area contributed by atoms with Gasteiger partial charge in [-0.2, -0.15) is 0 Å². The molecule has 0 atom stereocenters. The summed E-state index contributed by atoms with van der Waals surface area (Å²) in [7, 11) is 1.68. The highest BCUT2D eigenvalue weighted by molar-refractivity contribution is 7.11. The molecular weight excluding hydrogens is 382 g/mol. The first-order valence-corrected chi connectivity index (χ1v) is 11.8. The minimum absolute atomic E-state index is 0.354. The van der Waals surface area contributed by atoms with E-state index in [1.165, 1.54) is 31.2 Å². The van der Waals surface area contributed by atoms with Crippen LogP contribution in [0.3, 0.4) is 0 Å². The number of amides is 1. The molecule has 5 nitrogen and oxygen atoms in total. The zero-order valence-electron chi connectivity index (χ0n) is 17.3. The number of likely N-dealkylation sites (tertiary alicyclic amines) is 1. The van der Waals surface area contributed by atoms with E-state index in [1.807, 2.05) is 12.1 Å². The first-order valence-electron chi connectivity index (χ1n) is 10.9. The number of hydrogen-bond donors (Lipinski definition) is 0. The van der Waals surface area contributed by atoms with Crippen molar-refractivity contribution in [3.63, 3.8) is 0 Å². The van der Waals surface area contributed by atoms with Gasteiger partial charge in [-0.15, -0.1) is 21.5 Å². The number of carbonyl (C=O) groups is 1. The minimum Gasteiger partial charge on any atom is -0.497 e. The van der Waals surface area contributed by atoms with E-state index in [0.717, 1.165) is 66.9 Å². The molecule has 1 aromatic heterocycles. The van der Waals surface area contributed by atoms with Gasteiger partial charge in [0.05, 0.1) is 7.11 Å². The number of ether oxygens (including phenoxy) is 1. The Morgan fingerprint density at radius 1 is 1.10 bits per heavy atom. The standard InChI is InChI=1S/C23H31N3O2S/c1-28-20-9-6-18(7-10-20)16-21-24-25-23(29-21)19-12-14-26(15-13-19)22(27)11-8-17-4-2-3-5-17/h6-7,9-10,17,19H,2-5,8,11-16H2,1H3. The van der Waals surface area contributed by atoms with E-state index in [-0.39, 0.29) is 0 Å². The Kier molecular flexibility index (Phi) is 6.80. The van der Waals surface area contributed by atoms with Crippen LogP contribution in [0.2, 0.25) is 0 Å². The Morgan fingerprint density at radius 2 is 1.83 bits per heavy atom. The van der Waals surface area contributed by atoms with Gasteiger partial charge in [0, 0.05) is 31.8 Å². The van der Waals surface area contributed by atoms with Gasteiger partial charge in [0.25, 0.3) is 0 Å². The van der Waals surface area contributed by atoms with Crippen LogP contribution in [0.5, 0.6) is 5.75 Å². The molecule has 1 aliphatic heterocycles. The first kappa shape index (κ1) is 20.3. The predicted octanol–water partition coefficient (Wildman–Crippen LogP) is 4.81. The largest absolute Gasteiger partial charge is 0.497 e. The van der Waals surface area contributed by atoms with E-state index in [2.05, 4.69) is 27.2 Å². The molecule has 0 N–H and O–H groups in total. The van der Waals surface area contributed by atoms with E-state index < -0.39 is 0 Å². The molecule has 29 heavy (non-hydrogen) atoms. The zero-order valence-corrected chi connectivity index (χ0v) is 18.1. The summed E-state index contributed by atoms with van der Waals surface area (Å²) in [5.74, 6) is 2.46. The number of rotatable bonds is 7. The van der Waals surface area contributed by atoms with Crippen LogP contribution in [-0.2, 0) is 11.2 Å². The van der Waals surface area contributed by atoms with Crippen molar-refractivity contribution >= 4 is 17.2 Å². The topological polar surface area (TPSA) is 55.3 Å². The van der Waals surface area contributed by atoms with Gasteiger partial charge in [0.2, 0.25) is 5.91 Å². The second-order valence-corrected chi connectivity index (χ2v) is 9.50. The normalized spacial score (nSPS) is 18.3. The lowest BCUT2D eigenvalue weighted by molar-refractivity contribution is -0.132. The Bertz CT molecular complexity index is 791. The second-order valence-electron chi connectivity index (χ2n) is 8.40. The van der Waals surface area contributed by atoms with E-state index in [4.69, 9.17) is 4.74 Å². The van der Waals surface area contributed by atoms with Crippen LogP contribution < -0.4 is 4.74 Å². The zero-order chi connectivity index (χ0) is 20.1. The van der Waals surface area contributed by atoms with Crippen LogP contribution in [0.25, 0.3) is 0 Å². The Balaban J connectivity index is 1.24. The fraction of sp³-hybridized carbons (Fsp3) is 0.609. The number of nitrogens with zero attached hydrogens (tertiary/aromatic N) is 3. The summed E-state index contributed by atoms with van der Waals surface area (Å²) in [6, 6.07) is 8.12. The van der Waals surface area contributed by atoms with Crippen molar-refractivity contribution in [1.82, 2.24) is 15.1 Å². The van der Waals surface area contributed by atoms with Crippen molar-refractivity contribution in [2.75, 3.05) is 20.2 Å². The van der Waals surface area contributed by atoms with Crippen LogP contribution in [0.4, 0.5) is 0 Å². The molecule has 0 radical (unpaired) electrons. The number of hydrogen-bond acceptors (Lipinski definition) is 5. The summed E-state index contributed by atoms with van der Waals surface area (Å²) in [6.07, 6.45) is 10.00. The highest BCUT2D eigenvalue weighted by Crippen LogP contribution is 2.32. The van der Waals surface area contributed by atoms with Crippen molar-refractivity contribution in [2.45, 2.75) is 63.7 Å². The lowest BCUT2D eigenvalue weighted by Crippen LogP contribution is -2.37. The minimum atomic E-state index is 0.354. The van der Waals surface area contributed by atoms with Crippen molar-refractivity contribution in [1.29, 1.82) is 0 Å². The van der Waals surface area contributed by atoms with Gasteiger partial charge in [0.1, 0.15) is 15.8 Å². The van der Waals surface area contributed by atoms with E-state index in [1.54, 1.807) is 18.4 Å². The molecule has 0 bridgehead atoms. The molecule has 6 heteroatoms. The first-order chi connectivity index (χ1) is 14.2. The molecule has 2 aliphatic rings. The number of aromatic nitrogens is 2. The summed E-state index contributed by atoms with van der Waals surface area (Å²) in [5, 5.41) is 11.1. The molecule has 1 aliphatic carbocycles. The van der Waals surface area contributed by atoms with Crippen LogP contribution >= 0.6 is 11.3 Å². The number of piperidine rings is 1. The fourth-order valence-electron chi connectivity index (χ4n) is 4.58. The average molecular weight is 414 g/mol. The SMILES string of the molecule is COc1ccc(Cc2nnc(C3CCN(C(=O)CCC4CCCC4)CC3)s2)cc1. The van der Waals surface area contributed by atoms with E-state index in [9.17, 15) is 4.79 Å². The molecule has 0 unspecified atom stereocenters. The third kappa shape index (κ3) is 5.35. The maximum atomic E-state index is 12.5. The molecule has 0 spiro atoms. The lowest BCUT2D eigenvalue weighted by Gasteiger charge is -2.31. The average Bonchev–Trinajstić information content (AvgIpc) is 3.45. The van der Waals surface area contributed by atoms with Crippen molar-refractivity contribution in [3.05, 3.63) is 39.8 Å². The molecule has 2 fully saturated rings. The Labute approximate surface area is 177 Å². The van der Waals surface area contributed by atoms with Gasteiger partial charge < -0.3 is 9.64 Å². The summed E-state index contributed by atoms with van der Waals surface area (Å²) < 4.78 is 5.22. The molecule has 1 saturated heterocycles. The molecule has 1 saturated carbocycles. The molecular formula is C23H31N3O2S. The number of methoxy groups -OCH3 is 1. The smallest absolute Gasteiger partial charge is 0.222 e. The summed E-state index contributed by atoms with van der Waals surface area (Å²) in [6.45, 7) is 1.73. The molecule has 1 aromatic carbocycles. The maximum Gasteiger partial charge on any atom is 0.222 e. The Hall–Kier alpha value is -1.95. The predicted molar refractivity (Wildman–Crippen MR) is 115 cm³/mol. The second kappa shape index (κ2) is 9.70. The van der Waals surface area contributed by atoms with Gasteiger partial charge in [-0.05, 0) is 42.9 Å². The summed E-state index contributed by atoms with van der Waals surface area (Å²) in [4.78, 5) is 14.6. The van der Waals surface area contributed by atoms with Gasteiger partial charge >= 0.3 is 0 Å².